The number of hydrogen-bond acceptors (Lipinski definition) is 7. The molecule has 3 aromatic rings. The summed E-state index contributed by atoms with van der Waals surface area (Å²) in [5.74, 6) is -0.532. The molecular weight excluding hydrogens is 488 g/mol. The van der Waals surface area contributed by atoms with Crippen molar-refractivity contribution in [3.63, 3.8) is 0 Å². The van der Waals surface area contributed by atoms with Crippen molar-refractivity contribution >= 4 is 45.0 Å². The molecule has 1 fully saturated rings. The SMILES string of the molecule is COc1ccc(OCC(=O)N(CCCN2CCOCC2)c2nc3c(F)cc(F)cc3s2)cc1.Cl. The Labute approximate surface area is 206 Å². The highest BCUT2D eigenvalue weighted by Gasteiger charge is 2.22. The second-order valence-corrected chi connectivity index (χ2v) is 8.56. The van der Waals surface area contributed by atoms with Crippen LogP contribution in [0.25, 0.3) is 10.2 Å². The summed E-state index contributed by atoms with van der Waals surface area (Å²) in [4.78, 5) is 21.1. The summed E-state index contributed by atoms with van der Waals surface area (Å²) in [6.07, 6.45) is 0.695. The first-order chi connectivity index (χ1) is 16.0. The Balaban J connectivity index is 0.00000324. The van der Waals surface area contributed by atoms with Crippen LogP contribution in [0, 0.1) is 11.6 Å². The third kappa shape index (κ3) is 6.53. The Morgan fingerprint density at radius 2 is 1.88 bits per heavy atom. The van der Waals surface area contributed by atoms with E-state index < -0.39 is 11.6 Å². The summed E-state index contributed by atoms with van der Waals surface area (Å²) in [5.41, 5.74) is 0.0541. The van der Waals surface area contributed by atoms with Gasteiger partial charge in [0.15, 0.2) is 17.6 Å². The first-order valence-electron chi connectivity index (χ1n) is 10.7. The lowest BCUT2D eigenvalue weighted by Crippen LogP contribution is -2.40. The molecule has 0 spiro atoms. The van der Waals surface area contributed by atoms with Crippen molar-refractivity contribution in [2.45, 2.75) is 6.42 Å². The van der Waals surface area contributed by atoms with Gasteiger partial charge in [-0.3, -0.25) is 14.6 Å². The summed E-state index contributed by atoms with van der Waals surface area (Å²) in [7, 11) is 1.57. The molecule has 2 heterocycles. The molecule has 1 saturated heterocycles. The van der Waals surface area contributed by atoms with Crippen molar-refractivity contribution in [2.75, 3.05) is 58.0 Å². The second-order valence-electron chi connectivity index (χ2n) is 7.55. The minimum atomic E-state index is -0.748. The number of morpholine rings is 1. The molecule has 1 aliphatic rings. The Hall–Kier alpha value is -2.53. The highest BCUT2D eigenvalue weighted by molar-refractivity contribution is 7.22. The van der Waals surface area contributed by atoms with Crippen LogP contribution in [0.5, 0.6) is 11.5 Å². The van der Waals surface area contributed by atoms with E-state index in [1.165, 1.54) is 11.0 Å². The quantitative estimate of drug-likeness (QED) is 0.428. The smallest absolute Gasteiger partial charge is 0.266 e. The maximum atomic E-state index is 14.2. The molecule has 34 heavy (non-hydrogen) atoms. The summed E-state index contributed by atoms with van der Waals surface area (Å²) in [6, 6.07) is 8.93. The number of carbonyl (C=O) groups excluding carboxylic acids is 1. The average Bonchev–Trinajstić information content (AvgIpc) is 3.25. The minimum Gasteiger partial charge on any atom is -0.497 e. The van der Waals surface area contributed by atoms with Crippen molar-refractivity contribution < 1.29 is 27.8 Å². The molecule has 7 nitrogen and oxygen atoms in total. The van der Waals surface area contributed by atoms with Crippen LogP contribution < -0.4 is 14.4 Å². The monoisotopic (exact) mass is 513 g/mol. The molecule has 0 bridgehead atoms. The Morgan fingerprint density at radius 3 is 2.59 bits per heavy atom. The minimum absolute atomic E-state index is 0. The first kappa shape index (κ1) is 26.1. The lowest BCUT2D eigenvalue weighted by Gasteiger charge is -2.27. The lowest BCUT2D eigenvalue weighted by molar-refractivity contribution is -0.120. The number of benzene rings is 2. The number of fused-ring (bicyclic) bond motifs is 1. The van der Waals surface area contributed by atoms with Crippen LogP contribution in [0.15, 0.2) is 36.4 Å². The number of nitrogens with zero attached hydrogens (tertiary/aromatic N) is 3. The van der Waals surface area contributed by atoms with Crippen LogP contribution in [0.4, 0.5) is 13.9 Å². The van der Waals surface area contributed by atoms with E-state index in [0.29, 0.717) is 47.5 Å². The van der Waals surface area contributed by atoms with Gasteiger partial charge < -0.3 is 14.2 Å². The Morgan fingerprint density at radius 1 is 1.18 bits per heavy atom. The van der Waals surface area contributed by atoms with Crippen LogP contribution in [-0.2, 0) is 9.53 Å². The normalized spacial score (nSPS) is 14.0. The van der Waals surface area contributed by atoms with Gasteiger partial charge in [0.25, 0.3) is 5.91 Å². The third-order valence-corrected chi connectivity index (χ3v) is 6.34. The van der Waals surface area contributed by atoms with E-state index in [4.69, 9.17) is 14.2 Å². The predicted octanol–water partition coefficient (Wildman–Crippen LogP) is 4.14. The molecule has 1 aliphatic heterocycles. The molecule has 2 aromatic carbocycles. The number of carbonyl (C=O) groups is 1. The average molecular weight is 514 g/mol. The van der Waals surface area contributed by atoms with Gasteiger partial charge in [0.1, 0.15) is 22.8 Å². The van der Waals surface area contributed by atoms with Gasteiger partial charge >= 0.3 is 0 Å². The molecule has 11 heteroatoms. The van der Waals surface area contributed by atoms with Crippen molar-refractivity contribution in [2.24, 2.45) is 0 Å². The van der Waals surface area contributed by atoms with Crippen LogP contribution in [0.3, 0.4) is 0 Å². The summed E-state index contributed by atoms with van der Waals surface area (Å²) in [6.45, 7) is 4.05. The molecular formula is C23H26ClF2N3O4S. The van der Waals surface area contributed by atoms with Crippen LogP contribution >= 0.6 is 23.7 Å². The zero-order valence-corrected chi connectivity index (χ0v) is 20.3. The van der Waals surface area contributed by atoms with Gasteiger partial charge in [0.2, 0.25) is 0 Å². The van der Waals surface area contributed by atoms with Gasteiger partial charge in [-0.1, -0.05) is 11.3 Å². The first-order valence-corrected chi connectivity index (χ1v) is 11.5. The molecule has 0 saturated carbocycles. The number of anilines is 1. The molecule has 4 rings (SSSR count). The van der Waals surface area contributed by atoms with E-state index in [9.17, 15) is 13.6 Å². The van der Waals surface area contributed by atoms with E-state index in [1.807, 2.05) is 0 Å². The standard InChI is InChI=1S/C23H25F2N3O4S.ClH/c1-30-17-3-5-18(6-4-17)32-15-21(29)28(8-2-7-27-9-11-31-12-10-27)23-26-22-19(25)13-16(24)14-20(22)33-23;/h3-6,13-14H,2,7-12,15H2,1H3;1H. The number of halogens is 3. The van der Waals surface area contributed by atoms with Gasteiger partial charge in [-0.05, 0) is 36.8 Å². The Kier molecular flexibility index (Phi) is 9.40. The van der Waals surface area contributed by atoms with Crippen molar-refractivity contribution in [1.82, 2.24) is 9.88 Å². The number of ether oxygens (including phenoxy) is 3. The third-order valence-electron chi connectivity index (χ3n) is 5.32. The molecule has 0 N–H and O–H groups in total. The van der Waals surface area contributed by atoms with Gasteiger partial charge in [-0.25, -0.2) is 13.8 Å². The number of hydrogen-bond donors (Lipinski definition) is 0. The van der Waals surface area contributed by atoms with Crippen LogP contribution in [0.1, 0.15) is 6.42 Å². The van der Waals surface area contributed by atoms with Gasteiger partial charge in [0, 0.05) is 32.2 Å². The zero-order valence-electron chi connectivity index (χ0n) is 18.7. The number of amides is 1. The van der Waals surface area contributed by atoms with E-state index >= 15 is 0 Å². The highest BCUT2D eigenvalue weighted by atomic mass is 35.5. The second kappa shape index (κ2) is 12.3. The number of rotatable bonds is 9. The number of aromatic nitrogens is 1. The molecule has 184 valence electrons. The predicted molar refractivity (Wildman–Crippen MR) is 130 cm³/mol. The maximum Gasteiger partial charge on any atom is 0.266 e. The fourth-order valence-electron chi connectivity index (χ4n) is 3.56. The summed E-state index contributed by atoms with van der Waals surface area (Å²) < 4.78 is 44.4. The molecule has 0 unspecified atom stereocenters. The van der Waals surface area contributed by atoms with E-state index in [1.54, 1.807) is 31.4 Å². The molecule has 1 aromatic heterocycles. The van der Waals surface area contributed by atoms with Crippen molar-refractivity contribution in [1.29, 1.82) is 0 Å². The zero-order chi connectivity index (χ0) is 23.2. The molecule has 0 radical (unpaired) electrons. The van der Waals surface area contributed by atoms with E-state index in [0.717, 1.165) is 37.0 Å². The lowest BCUT2D eigenvalue weighted by atomic mass is 10.3. The molecule has 0 atom stereocenters. The maximum absolute atomic E-state index is 14.2. The largest absolute Gasteiger partial charge is 0.497 e. The molecule has 1 amide bonds. The number of thiazole rings is 1. The topological polar surface area (TPSA) is 64.1 Å². The number of methoxy groups -OCH3 is 1. The summed E-state index contributed by atoms with van der Waals surface area (Å²) in [5, 5.41) is 0.319. The molecule has 0 aliphatic carbocycles. The highest BCUT2D eigenvalue weighted by Crippen LogP contribution is 2.31. The fourth-order valence-corrected chi connectivity index (χ4v) is 4.61. The summed E-state index contributed by atoms with van der Waals surface area (Å²) >= 11 is 1.08. The van der Waals surface area contributed by atoms with Crippen molar-refractivity contribution in [3.8, 4) is 11.5 Å². The van der Waals surface area contributed by atoms with Gasteiger partial charge in [-0.15, -0.1) is 12.4 Å². The van der Waals surface area contributed by atoms with E-state index in [2.05, 4.69) is 9.88 Å². The van der Waals surface area contributed by atoms with Crippen LogP contribution in [0.2, 0.25) is 0 Å². The van der Waals surface area contributed by atoms with Crippen molar-refractivity contribution in [3.05, 3.63) is 48.0 Å². The fraction of sp³-hybridized carbons (Fsp3) is 0.391. The van der Waals surface area contributed by atoms with Crippen LogP contribution in [-0.4, -0.2) is 68.9 Å². The Bertz CT molecular complexity index is 1090. The van der Waals surface area contributed by atoms with E-state index in [-0.39, 0.29) is 30.4 Å². The van der Waals surface area contributed by atoms with Gasteiger partial charge in [-0.2, -0.15) is 0 Å². The van der Waals surface area contributed by atoms with Gasteiger partial charge in [0.05, 0.1) is 25.0 Å².